The van der Waals surface area contributed by atoms with Crippen LogP contribution in [0.2, 0.25) is 0 Å². The largest absolute Gasteiger partial charge is 0.309 e. The lowest BCUT2D eigenvalue weighted by atomic mass is 10.0. The fourth-order valence-corrected chi connectivity index (χ4v) is 9.04. The molecule has 0 radical (unpaired) electrons. The Morgan fingerprint density at radius 3 is 1.11 bits per heavy atom. The molecule has 0 saturated heterocycles. The van der Waals surface area contributed by atoms with Crippen molar-refractivity contribution in [3.63, 3.8) is 0 Å². The summed E-state index contributed by atoms with van der Waals surface area (Å²) in [5, 5.41) is 4.91. The molecule has 9 aromatic carbocycles. The Morgan fingerprint density at radius 2 is 0.597 bits per heavy atom. The first kappa shape index (κ1) is 35.5. The number of nitrogens with zero attached hydrogens (tertiary/aromatic N) is 5. The summed E-state index contributed by atoms with van der Waals surface area (Å²) < 4.78 is 4.75. The van der Waals surface area contributed by atoms with Gasteiger partial charge in [-0.1, -0.05) is 152 Å². The molecule has 0 spiro atoms. The van der Waals surface area contributed by atoms with E-state index in [-0.39, 0.29) is 0 Å². The number of fused-ring (bicyclic) bond motifs is 6. The van der Waals surface area contributed by atoms with E-state index in [1.807, 2.05) is 12.1 Å². The first-order valence-electron chi connectivity index (χ1n) is 20.9. The summed E-state index contributed by atoms with van der Waals surface area (Å²) in [6.07, 6.45) is 0. The topological polar surface area (TPSA) is 48.5 Å². The van der Waals surface area contributed by atoms with Gasteiger partial charge in [0.25, 0.3) is 0 Å². The van der Waals surface area contributed by atoms with E-state index in [2.05, 4.69) is 221 Å². The molecule has 0 aliphatic carbocycles. The van der Waals surface area contributed by atoms with Gasteiger partial charge in [0.2, 0.25) is 0 Å². The Balaban J connectivity index is 0.977. The predicted molar refractivity (Wildman–Crippen MR) is 256 cm³/mol. The Bertz CT molecular complexity index is 3470. The van der Waals surface area contributed by atoms with Crippen LogP contribution in [0.3, 0.4) is 0 Å². The average Bonchev–Trinajstić information content (AvgIpc) is 3.87. The van der Waals surface area contributed by atoms with Crippen LogP contribution >= 0.6 is 0 Å². The van der Waals surface area contributed by atoms with Crippen LogP contribution in [0.25, 0.3) is 111 Å². The first-order valence-corrected chi connectivity index (χ1v) is 20.9. The zero-order valence-corrected chi connectivity index (χ0v) is 33.6. The van der Waals surface area contributed by atoms with Crippen molar-refractivity contribution >= 4 is 43.6 Å². The zero-order valence-electron chi connectivity index (χ0n) is 33.6. The van der Waals surface area contributed by atoms with Crippen LogP contribution in [0, 0.1) is 0 Å². The summed E-state index contributed by atoms with van der Waals surface area (Å²) in [6, 6.07) is 79.2. The molecule has 5 nitrogen and oxygen atoms in total. The Labute approximate surface area is 358 Å². The molecule has 62 heavy (non-hydrogen) atoms. The van der Waals surface area contributed by atoms with E-state index in [0.717, 1.165) is 61.4 Å². The molecule has 12 aromatic rings. The number of para-hydroxylation sites is 3. The maximum atomic E-state index is 5.15. The van der Waals surface area contributed by atoms with Crippen LogP contribution in [0.15, 0.2) is 224 Å². The molecule has 5 heteroatoms. The van der Waals surface area contributed by atoms with Gasteiger partial charge in [0.1, 0.15) is 0 Å². The second-order valence-electron chi connectivity index (χ2n) is 15.7. The number of benzene rings is 9. The lowest BCUT2D eigenvalue weighted by Crippen LogP contribution is -2.01. The zero-order chi connectivity index (χ0) is 41.0. The van der Waals surface area contributed by atoms with E-state index in [1.54, 1.807) is 0 Å². The lowest BCUT2D eigenvalue weighted by Gasteiger charge is -2.12. The van der Waals surface area contributed by atoms with Gasteiger partial charge in [-0.3, -0.25) is 0 Å². The molecule has 12 rings (SSSR count). The third-order valence-electron chi connectivity index (χ3n) is 12.0. The van der Waals surface area contributed by atoms with Gasteiger partial charge in [-0.2, -0.15) is 0 Å². The highest BCUT2D eigenvalue weighted by molar-refractivity contribution is 6.12. The number of hydrogen-bond donors (Lipinski definition) is 0. The molecule has 0 aliphatic heterocycles. The van der Waals surface area contributed by atoms with E-state index >= 15 is 0 Å². The van der Waals surface area contributed by atoms with Crippen LogP contribution in [0.4, 0.5) is 0 Å². The van der Waals surface area contributed by atoms with Crippen molar-refractivity contribution in [2.45, 2.75) is 0 Å². The van der Waals surface area contributed by atoms with Crippen LogP contribution in [0.5, 0.6) is 0 Å². The van der Waals surface area contributed by atoms with Gasteiger partial charge < -0.3 is 9.13 Å². The third kappa shape index (κ3) is 6.06. The minimum atomic E-state index is 0.616. The molecule has 0 fully saturated rings. The van der Waals surface area contributed by atoms with E-state index in [4.69, 9.17) is 15.0 Å². The molecule has 0 amide bonds. The highest BCUT2D eigenvalue weighted by Crippen LogP contribution is 2.38. The van der Waals surface area contributed by atoms with E-state index < -0.39 is 0 Å². The monoisotopic (exact) mass is 791 g/mol. The fraction of sp³-hybridized carbons (Fsp3) is 0. The second kappa shape index (κ2) is 14.7. The second-order valence-corrected chi connectivity index (χ2v) is 15.7. The highest BCUT2D eigenvalue weighted by Gasteiger charge is 2.18. The van der Waals surface area contributed by atoms with Crippen molar-refractivity contribution in [3.05, 3.63) is 224 Å². The van der Waals surface area contributed by atoms with Gasteiger partial charge in [-0.25, -0.2) is 15.0 Å². The van der Waals surface area contributed by atoms with Crippen molar-refractivity contribution in [2.24, 2.45) is 0 Å². The number of aromatic nitrogens is 5. The molecular formula is C57H37N5. The SMILES string of the molecule is c1ccc(-c2cccc(-c3nc(-c4ccc(-n5c6ccccc6c6cc(-n7c8ccccc8c8ccccc87)ccc65)cc4)nc(-c4cccc(-c5ccccc5)c4)n3)c2)cc1. The smallest absolute Gasteiger partial charge is 0.164 e. The molecule has 3 heterocycles. The van der Waals surface area contributed by atoms with Crippen molar-refractivity contribution in [3.8, 4) is 67.8 Å². The van der Waals surface area contributed by atoms with Crippen LogP contribution in [0.1, 0.15) is 0 Å². The van der Waals surface area contributed by atoms with Crippen molar-refractivity contribution in [2.75, 3.05) is 0 Å². The quantitative estimate of drug-likeness (QED) is 0.162. The fourth-order valence-electron chi connectivity index (χ4n) is 9.04. The standard InChI is InChI=1S/C57H37N5/c1-3-15-38(16-4-1)41-19-13-21-43(35-41)56-58-55(59-57(60-56)44-22-14-20-42(36-44)39-17-5-2-6-18-39)40-29-31-45(32-30-40)61-53-28-12-9-25-49(53)50-37-46(33-34-54(50)61)62-51-26-10-7-23-47(51)48-24-8-11-27-52(48)62/h1-37H. The summed E-state index contributed by atoms with van der Waals surface area (Å²) in [7, 11) is 0. The third-order valence-corrected chi connectivity index (χ3v) is 12.0. The Kier molecular flexibility index (Phi) is 8.42. The van der Waals surface area contributed by atoms with Gasteiger partial charge in [-0.05, 0) is 95.1 Å². The molecule has 0 aliphatic rings. The lowest BCUT2D eigenvalue weighted by molar-refractivity contribution is 1.07. The number of hydrogen-bond acceptors (Lipinski definition) is 3. The Morgan fingerprint density at radius 1 is 0.226 bits per heavy atom. The van der Waals surface area contributed by atoms with Crippen LogP contribution in [-0.4, -0.2) is 24.1 Å². The molecular weight excluding hydrogens is 755 g/mol. The normalized spacial score (nSPS) is 11.5. The van der Waals surface area contributed by atoms with Gasteiger partial charge in [0, 0.05) is 49.6 Å². The molecule has 0 bridgehead atoms. The first-order chi connectivity index (χ1) is 30.7. The molecule has 290 valence electrons. The minimum Gasteiger partial charge on any atom is -0.309 e. The molecule has 0 unspecified atom stereocenters. The van der Waals surface area contributed by atoms with Crippen molar-refractivity contribution in [1.82, 2.24) is 24.1 Å². The summed E-state index contributed by atoms with van der Waals surface area (Å²) in [4.78, 5) is 15.4. The van der Waals surface area contributed by atoms with E-state index in [0.29, 0.717) is 17.5 Å². The maximum Gasteiger partial charge on any atom is 0.164 e. The van der Waals surface area contributed by atoms with Crippen molar-refractivity contribution in [1.29, 1.82) is 0 Å². The number of rotatable bonds is 7. The van der Waals surface area contributed by atoms with Crippen LogP contribution < -0.4 is 0 Å². The summed E-state index contributed by atoms with van der Waals surface area (Å²) in [6.45, 7) is 0. The average molecular weight is 792 g/mol. The van der Waals surface area contributed by atoms with E-state index in [9.17, 15) is 0 Å². The van der Waals surface area contributed by atoms with Gasteiger partial charge >= 0.3 is 0 Å². The summed E-state index contributed by atoms with van der Waals surface area (Å²) in [5.74, 6) is 1.86. The summed E-state index contributed by atoms with van der Waals surface area (Å²) >= 11 is 0. The maximum absolute atomic E-state index is 5.15. The van der Waals surface area contributed by atoms with E-state index in [1.165, 1.54) is 32.6 Å². The molecule has 3 aromatic heterocycles. The minimum absolute atomic E-state index is 0.616. The molecule has 0 atom stereocenters. The Hall–Kier alpha value is -8.41. The van der Waals surface area contributed by atoms with Gasteiger partial charge in [0.05, 0.1) is 22.1 Å². The van der Waals surface area contributed by atoms with Crippen LogP contribution in [-0.2, 0) is 0 Å². The van der Waals surface area contributed by atoms with Crippen molar-refractivity contribution < 1.29 is 0 Å². The predicted octanol–water partition coefficient (Wildman–Crippen LogP) is 14.4. The molecule has 0 saturated carbocycles. The highest BCUT2D eigenvalue weighted by atomic mass is 15.0. The summed E-state index contributed by atoms with van der Waals surface area (Å²) in [5.41, 5.74) is 14.2. The van der Waals surface area contributed by atoms with Gasteiger partial charge in [-0.15, -0.1) is 0 Å². The van der Waals surface area contributed by atoms with Gasteiger partial charge in [0.15, 0.2) is 17.5 Å². The molecule has 0 N–H and O–H groups in total.